The Labute approximate surface area is 157 Å². The van der Waals surface area contributed by atoms with Crippen LogP contribution in [0.25, 0.3) is 22.4 Å². The molecule has 1 aromatic heterocycles. The van der Waals surface area contributed by atoms with Crippen molar-refractivity contribution in [2.24, 2.45) is 0 Å². The molecule has 4 aromatic rings. The monoisotopic (exact) mass is 351 g/mol. The molecule has 0 atom stereocenters. The summed E-state index contributed by atoms with van der Waals surface area (Å²) in [6, 6.07) is 28.2. The fraction of sp³-hybridized carbons (Fsp3) is 0. The van der Waals surface area contributed by atoms with Crippen LogP contribution >= 0.6 is 0 Å². The maximum absolute atomic E-state index is 12.9. The van der Waals surface area contributed by atoms with Crippen LogP contribution in [-0.2, 0) is 0 Å². The summed E-state index contributed by atoms with van der Waals surface area (Å²) < 4.78 is 0. The molecule has 1 heterocycles. The summed E-state index contributed by atoms with van der Waals surface area (Å²) in [5.41, 5.74) is 4.37. The lowest BCUT2D eigenvalue weighted by atomic mass is 9.95. The molecule has 0 aliphatic heterocycles. The normalized spacial score (nSPS) is 10.5. The van der Waals surface area contributed by atoms with E-state index in [0.29, 0.717) is 5.56 Å². The molecule has 3 nitrogen and oxygen atoms in total. The lowest BCUT2D eigenvalue weighted by Gasteiger charge is -2.12. The lowest BCUT2D eigenvalue weighted by molar-refractivity contribution is 0.103. The molecule has 0 fully saturated rings. The first-order valence-electron chi connectivity index (χ1n) is 8.67. The highest BCUT2D eigenvalue weighted by Crippen LogP contribution is 2.32. The fourth-order valence-electron chi connectivity index (χ4n) is 3.07. The maximum atomic E-state index is 12.9. The van der Waals surface area contributed by atoms with Crippen molar-refractivity contribution in [3.8, 4) is 28.1 Å². The number of hydrogen-bond acceptors (Lipinski definition) is 3. The van der Waals surface area contributed by atoms with Gasteiger partial charge in [-0.05, 0) is 23.8 Å². The molecule has 0 radical (unpaired) electrons. The quantitative estimate of drug-likeness (QED) is 0.504. The molecule has 0 saturated carbocycles. The average molecular weight is 351 g/mol. The molecule has 0 spiro atoms. The van der Waals surface area contributed by atoms with E-state index in [0.717, 1.165) is 22.4 Å². The number of carbonyl (C=O) groups is 1. The zero-order chi connectivity index (χ0) is 18.6. The van der Waals surface area contributed by atoms with Gasteiger partial charge >= 0.3 is 0 Å². The Balaban J connectivity index is 1.87. The van der Waals surface area contributed by atoms with Crippen LogP contribution in [0.4, 0.5) is 0 Å². The second-order valence-electron chi connectivity index (χ2n) is 6.20. The second kappa shape index (κ2) is 7.26. The van der Waals surface area contributed by atoms with Crippen LogP contribution in [-0.4, -0.2) is 15.9 Å². The van der Waals surface area contributed by atoms with Gasteiger partial charge in [0.25, 0.3) is 0 Å². The molecule has 0 amide bonds. The Morgan fingerprint density at radius 3 is 2.00 bits per heavy atom. The summed E-state index contributed by atoms with van der Waals surface area (Å²) in [7, 11) is 0. The van der Waals surface area contributed by atoms with Crippen LogP contribution in [0, 0.1) is 0 Å². The van der Waals surface area contributed by atoms with Crippen molar-refractivity contribution in [2.75, 3.05) is 0 Å². The number of carbonyl (C=O) groups excluding carboxylic acids is 1. The molecule has 130 valence electrons. The number of phenols is 1. The van der Waals surface area contributed by atoms with Gasteiger partial charge in [-0.3, -0.25) is 9.78 Å². The first kappa shape index (κ1) is 16.7. The summed E-state index contributed by atoms with van der Waals surface area (Å²) in [5.74, 6) is -0.284. The van der Waals surface area contributed by atoms with Gasteiger partial charge in [0.05, 0.1) is 11.3 Å². The summed E-state index contributed by atoms with van der Waals surface area (Å²) in [5, 5.41) is 10.0. The van der Waals surface area contributed by atoms with Crippen LogP contribution < -0.4 is 0 Å². The van der Waals surface area contributed by atoms with E-state index in [2.05, 4.69) is 4.98 Å². The molecule has 3 heteroatoms. The number of para-hydroxylation sites is 1. The minimum Gasteiger partial charge on any atom is -0.507 e. The highest BCUT2D eigenvalue weighted by molar-refractivity contribution is 6.11. The number of aromatic hydroxyl groups is 1. The van der Waals surface area contributed by atoms with Crippen molar-refractivity contribution in [2.45, 2.75) is 0 Å². The minimum absolute atomic E-state index is 0.0316. The molecule has 0 bridgehead atoms. The number of nitrogens with zero attached hydrogens (tertiary/aromatic N) is 1. The van der Waals surface area contributed by atoms with E-state index in [9.17, 15) is 9.90 Å². The van der Waals surface area contributed by atoms with Crippen LogP contribution in [0.3, 0.4) is 0 Å². The number of phenolic OH excluding ortho intramolecular Hbond substituents is 1. The van der Waals surface area contributed by atoms with Gasteiger partial charge < -0.3 is 5.11 Å². The molecule has 3 aromatic carbocycles. The Morgan fingerprint density at radius 2 is 1.33 bits per heavy atom. The number of rotatable bonds is 4. The second-order valence-corrected chi connectivity index (χ2v) is 6.20. The predicted octanol–water partition coefficient (Wildman–Crippen LogP) is 5.35. The van der Waals surface area contributed by atoms with Crippen molar-refractivity contribution in [1.29, 1.82) is 0 Å². The van der Waals surface area contributed by atoms with Crippen LogP contribution in [0.1, 0.15) is 15.9 Å². The van der Waals surface area contributed by atoms with Gasteiger partial charge in [-0.25, -0.2) is 0 Å². The first-order valence-corrected chi connectivity index (χ1v) is 8.67. The molecular formula is C24H17NO2. The van der Waals surface area contributed by atoms with E-state index in [1.807, 2.05) is 66.7 Å². The molecule has 0 aliphatic rings. The van der Waals surface area contributed by atoms with Gasteiger partial charge in [0.15, 0.2) is 5.78 Å². The standard InChI is InChI=1S/C24H17NO2/c26-22-14-8-7-13-20(22)24(27)19-15-21(17-9-3-1-4-10-17)23(25-16-19)18-11-5-2-6-12-18/h1-16,26H. The summed E-state index contributed by atoms with van der Waals surface area (Å²) in [4.78, 5) is 17.5. The molecular weight excluding hydrogens is 334 g/mol. The fourth-order valence-corrected chi connectivity index (χ4v) is 3.07. The lowest BCUT2D eigenvalue weighted by Crippen LogP contribution is -2.04. The smallest absolute Gasteiger partial charge is 0.198 e. The van der Waals surface area contributed by atoms with Gasteiger partial charge in [0.1, 0.15) is 5.75 Å². The van der Waals surface area contributed by atoms with Gasteiger partial charge in [0.2, 0.25) is 0 Å². The topological polar surface area (TPSA) is 50.2 Å². The third-order valence-electron chi connectivity index (χ3n) is 4.43. The first-order chi connectivity index (χ1) is 13.2. The third-order valence-corrected chi connectivity index (χ3v) is 4.43. The summed E-state index contributed by atoms with van der Waals surface area (Å²) in [6.45, 7) is 0. The number of hydrogen-bond donors (Lipinski definition) is 1. The van der Waals surface area contributed by atoms with Crippen molar-refractivity contribution in [3.63, 3.8) is 0 Å². The van der Waals surface area contributed by atoms with Crippen molar-refractivity contribution < 1.29 is 9.90 Å². The Morgan fingerprint density at radius 1 is 0.741 bits per heavy atom. The van der Waals surface area contributed by atoms with E-state index in [4.69, 9.17) is 0 Å². The average Bonchev–Trinajstić information content (AvgIpc) is 2.74. The zero-order valence-corrected chi connectivity index (χ0v) is 14.5. The van der Waals surface area contributed by atoms with Crippen molar-refractivity contribution in [1.82, 2.24) is 4.98 Å². The van der Waals surface area contributed by atoms with Gasteiger partial charge in [-0.1, -0.05) is 72.8 Å². The van der Waals surface area contributed by atoms with Crippen LogP contribution in [0.2, 0.25) is 0 Å². The molecule has 0 unspecified atom stereocenters. The molecule has 0 aliphatic carbocycles. The maximum Gasteiger partial charge on any atom is 0.198 e. The summed E-state index contributed by atoms with van der Waals surface area (Å²) in [6.07, 6.45) is 1.57. The number of ketones is 1. The highest BCUT2D eigenvalue weighted by atomic mass is 16.3. The zero-order valence-electron chi connectivity index (χ0n) is 14.5. The van der Waals surface area contributed by atoms with Gasteiger partial charge in [-0.2, -0.15) is 0 Å². The summed E-state index contributed by atoms with van der Waals surface area (Å²) >= 11 is 0. The molecule has 0 saturated heterocycles. The van der Waals surface area contributed by atoms with E-state index in [1.54, 1.807) is 24.4 Å². The molecule has 27 heavy (non-hydrogen) atoms. The third kappa shape index (κ3) is 3.35. The number of benzene rings is 3. The van der Waals surface area contributed by atoms with Crippen LogP contribution in [0.15, 0.2) is 97.2 Å². The number of pyridine rings is 1. The van der Waals surface area contributed by atoms with Crippen molar-refractivity contribution in [3.05, 3.63) is 108 Å². The van der Waals surface area contributed by atoms with Crippen molar-refractivity contribution >= 4 is 5.78 Å². The molecule has 4 rings (SSSR count). The Hall–Kier alpha value is -3.72. The van der Waals surface area contributed by atoms with E-state index in [1.165, 1.54) is 6.07 Å². The minimum atomic E-state index is -0.252. The van der Waals surface area contributed by atoms with Gasteiger partial charge in [0, 0.05) is 22.9 Å². The van der Waals surface area contributed by atoms with E-state index < -0.39 is 0 Å². The van der Waals surface area contributed by atoms with E-state index >= 15 is 0 Å². The Kier molecular flexibility index (Phi) is 4.50. The largest absolute Gasteiger partial charge is 0.507 e. The Bertz CT molecular complexity index is 1090. The van der Waals surface area contributed by atoms with E-state index in [-0.39, 0.29) is 17.1 Å². The number of aromatic nitrogens is 1. The van der Waals surface area contributed by atoms with Crippen LogP contribution in [0.5, 0.6) is 5.75 Å². The SMILES string of the molecule is O=C(c1cnc(-c2ccccc2)c(-c2ccccc2)c1)c1ccccc1O. The predicted molar refractivity (Wildman–Crippen MR) is 107 cm³/mol. The molecule has 1 N–H and O–H groups in total. The highest BCUT2D eigenvalue weighted by Gasteiger charge is 2.17. The van der Waals surface area contributed by atoms with Gasteiger partial charge in [-0.15, -0.1) is 0 Å².